The molecule has 1 aliphatic carbocycles. The van der Waals surface area contributed by atoms with Crippen molar-refractivity contribution in [2.75, 3.05) is 5.32 Å². The average molecular weight is 462 g/mol. The molecule has 3 N–H and O–H groups in total. The molecule has 162 valence electrons. The monoisotopic (exact) mass is 461 g/mol. The summed E-state index contributed by atoms with van der Waals surface area (Å²) < 4.78 is 0. The van der Waals surface area contributed by atoms with Crippen molar-refractivity contribution in [3.05, 3.63) is 69.1 Å². The van der Waals surface area contributed by atoms with Gasteiger partial charge in [-0.05, 0) is 32.4 Å². The van der Waals surface area contributed by atoms with Gasteiger partial charge in [-0.15, -0.1) is 0 Å². The number of carboxylic acids is 1. The summed E-state index contributed by atoms with van der Waals surface area (Å²) in [5.41, 5.74) is 1.50. The van der Waals surface area contributed by atoms with E-state index >= 15 is 0 Å². The minimum absolute atomic E-state index is 0.0158. The minimum atomic E-state index is -1.07. The van der Waals surface area contributed by atoms with Crippen LogP contribution in [-0.2, 0) is 16.0 Å². The molecule has 1 atom stereocenters. The van der Waals surface area contributed by atoms with Crippen LogP contribution in [0.3, 0.4) is 0 Å². The van der Waals surface area contributed by atoms with Crippen molar-refractivity contribution in [1.82, 2.24) is 10.3 Å². The van der Waals surface area contributed by atoms with Crippen molar-refractivity contribution < 1.29 is 19.5 Å². The van der Waals surface area contributed by atoms with Crippen molar-refractivity contribution in [3.63, 3.8) is 0 Å². The summed E-state index contributed by atoms with van der Waals surface area (Å²) in [6.07, 6.45) is 2.71. The van der Waals surface area contributed by atoms with E-state index in [-0.39, 0.29) is 27.8 Å². The number of halogens is 2. The lowest BCUT2D eigenvalue weighted by atomic mass is 9.69. The topological polar surface area (TPSA) is 108 Å². The van der Waals surface area contributed by atoms with Crippen LogP contribution in [-0.4, -0.2) is 33.8 Å². The number of carbonyl (C=O) groups is 3. The largest absolute Gasteiger partial charge is 0.480 e. The first-order chi connectivity index (χ1) is 14.5. The number of anilines is 1. The first kappa shape index (κ1) is 22.8. The third kappa shape index (κ3) is 4.43. The molecular weight excluding hydrogens is 441 g/mol. The zero-order valence-electron chi connectivity index (χ0n) is 17.1. The highest BCUT2D eigenvalue weighted by molar-refractivity contribution is 6.40. The van der Waals surface area contributed by atoms with E-state index in [2.05, 4.69) is 15.6 Å². The number of carboxylic acid groups (broad SMARTS) is 1. The van der Waals surface area contributed by atoms with Gasteiger partial charge in [0.05, 0.1) is 21.0 Å². The molecule has 0 saturated carbocycles. The van der Waals surface area contributed by atoms with E-state index in [1.165, 1.54) is 12.4 Å². The number of benzene rings is 1. The number of aromatic nitrogens is 1. The molecule has 0 saturated heterocycles. The predicted octanol–water partition coefficient (Wildman–Crippen LogP) is 4.11. The van der Waals surface area contributed by atoms with E-state index in [0.717, 1.165) is 0 Å². The molecule has 0 unspecified atom stereocenters. The van der Waals surface area contributed by atoms with Gasteiger partial charge >= 0.3 is 5.97 Å². The Hall–Kier alpha value is -2.90. The van der Waals surface area contributed by atoms with Gasteiger partial charge in [0, 0.05) is 35.8 Å². The van der Waals surface area contributed by atoms with Gasteiger partial charge in [-0.1, -0.05) is 41.4 Å². The summed E-state index contributed by atoms with van der Waals surface area (Å²) >= 11 is 12.1. The second kappa shape index (κ2) is 8.69. The molecule has 1 aromatic heterocycles. The third-order valence-corrected chi connectivity index (χ3v) is 5.87. The van der Waals surface area contributed by atoms with Crippen molar-refractivity contribution in [1.29, 1.82) is 0 Å². The Balaban J connectivity index is 1.85. The number of amides is 1. The second-order valence-corrected chi connectivity index (χ2v) is 8.60. The van der Waals surface area contributed by atoms with Gasteiger partial charge in [0.2, 0.25) is 0 Å². The maximum Gasteiger partial charge on any atom is 0.326 e. The number of nitrogens with one attached hydrogen (secondary N) is 2. The molecule has 1 aromatic carbocycles. The Bertz CT molecular complexity index is 1090. The van der Waals surface area contributed by atoms with Crippen LogP contribution < -0.4 is 10.6 Å². The number of hydrogen-bond acceptors (Lipinski definition) is 5. The summed E-state index contributed by atoms with van der Waals surface area (Å²) in [7, 11) is 0. The molecule has 1 amide bonds. The Morgan fingerprint density at radius 2 is 1.77 bits per heavy atom. The first-order valence-electron chi connectivity index (χ1n) is 9.47. The Morgan fingerprint density at radius 3 is 2.35 bits per heavy atom. The summed E-state index contributed by atoms with van der Waals surface area (Å²) in [4.78, 5) is 40.5. The molecule has 0 radical (unpaired) electrons. The van der Waals surface area contributed by atoms with Crippen LogP contribution in [0, 0.1) is 5.41 Å². The second-order valence-electron chi connectivity index (χ2n) is 7.78. The van der Waals surface area contributed by atoms with Crippen LogP contribution in [0.4, 0.5) is 5.69 Å². The number of ketones is 1. The molecule has 1 heterocycles. The van der Waals surface area contributed by atoms with E-state index < -0.39 is 23.3 Å². The van der Waals surface area contributed by atoms with E-state index in [1.54, 1.807) is 45.0 Å². The number of hydrogen-bond donors (Lipinski definition) is 3. The molecule has 31 heavy (non-hydrogen) atoms. The van der Waals surface area contributed by atoms with Gasteiger partial charge < -0.3 is 15.7 Å². The zero-order chi connectivity index (χ0) is 22.9. The molecule has 0 spiro atoms. The first-order valence-corrected chi connectivity index (χ1v) is 10.2. The lowest BCUT2D eigenvalue weighted by molar-refractivity contribution is -0.139. The maximum absolute atomic E-state index is 12.7. The average Bonchev–Trinajstić information content (AvgIpc) is 2.71. The maximum atomic E-state index is 12.7. The molecule has 3 rings (SSSR count). The third-order valence-electron chi connectivity index (χ3n) is 5.29. The fourth-order valence-corrected chi connectivity index (χ4v) is 4.15. The summed E-state index contributed by atoms with van der Waals surface area (Å²) in [5.74, 6) is -1.62. The number of allylic oxidation sites excluding steroid dienone is 2. The number of pyridine rings is 1. The van der Waals surface area contributed by atoms with Crippen LogP contribution in [0.2, 0.25) is 10.0 Å². The predicted molar refractivity (Wildman–Crippen MR) is 118 cm³/mol. The summed E-state index contributed by atoms with van der Waals surface area (Å²) in [6, 6.07) is 5.86. The molecular formula is C22H21Cl2N3O4. The minimum Gasteiger partial charge on any atom is -0.480 e. The highest BCUT2D eigenvalue weighted by Crippen LogP contribution is 2.40. The van der Waals surface area contributed by atoms with Gasteiger partial charge in [0.15, 0.2) is 5.78 Å². The standard InChI is InChI=1S/C22H21Cl2N3O4/c1-11-18(22(2,3)19(11)28)26-16(21(30)31)8-12-6-4-5-7-15(12)27-20(29)17-13(23)9-25-10-14(17)24/h4-7,9-10,16,26H,8H2,1-3H3,(H,27,29)(H,30,31)/t16-/m0/s1. The van der Waals surface area contributed by atoms with Gasteiger partial charge in [0.1, 0.15) is 6.04 Å². The number of carbonyl (C=O) groups excluding carboxylic acids is 2. The lowest BCUT2D eigenvalue weighted by Crippen LogP contribution is -2.50. The normalized spacial score (nSPS) is 15.8. The molecule has 0 fully saturated rings. The van der Waals surface area contributed by atoms with Crippen LogP contribution in [0.25, 0.3) is 0 Å². The quantitative estimate of drug-likeness (QED) is 0.572. The molecule has 0 aliphatic heterocycles. The van der Waals surface area contributed by atoms with Crippen molar-refractivity contribution in [2.45, 2.75) is 33.2 Å². The lowest BCUT2D eigenvalue weighted by Gasteiger charge is -2.39. The van der Waals surface area contributed by atoms with E-state index in [9.17, 15) is 19.5 Å². The number of para-hydroxylation sites is 1. The SMILES string of the molecule is CC1=C(N[C@@H](Cc2ccccc2NC(=O)c2c(Cl)cncc2Cl)C(=O)O)C(C)(C)C1=O. The highest BCUT2D eigenvalue weighted by Gasteiger charge is 2.45. The van der Waals surface area contributed by atoms with Crippen molar-refractivity contribution in [2.24, 2.45) is 5.41 Å². The Kier molecular flexibility index (Phi) is 6.38. The fraction of sp³-hybridized carbons (Fsp3) is 0.273. The zero-order valence-corrected chi connectivity index (χ0v) is 18.6. The Morgan fingerprint density at radius 1 is 1.16 bits per heavy atom. The van der Waals surface area contributed by atoms with E-state index in [0.29, 0.717) is 22.5 Å². The Labute approximate surface area is 189 Å². The number of Topliss-reactive ketones (excluding diaryl/α,β-unsaturated/α-hetero) is 1. The molecule has 9 heteroatoms. The van der Waals surface area contributed by atoms with Gasteiger partial charge in [-0.25, -0.2) is 4.79 Å². The van der Waals surface area contributed by atoms with Crippen LogP contribution >= 0.6 is 23.2 Å². The highest BCUT2D eigenvalue weighted by atomic mass is 35.5. The smallest absolute Gasteiger partial charge is 0.326 e. The summed E-state index contributed by atoms with van der Waals surface area (Å²) in [5, 5.41) is 15.7. The van der Waals surface area contributed by atoms with Gasteiger partial charge in [-0.3, -0.25) is 14.6 Å². The number of rotatable bonds is 7. The van der Waals surface area contributed by atoms with Crippen LogP contribution in [0.15, 0.2) is 47.9 Å². The fourth-order valence-electron chi connectivity index (χ4n) is 3.62. The van der Waals surface area contributed by atoms with Gasteiger partial charge in [-0.2, -0.15) is 0 Å². The van der Waals surface area contributed by atoms with Crippen molar-refractivity contribution >= 4 is 46.5 Å². The van der Waals surface area contributed by atoms with Gasteiger partial charge in [0.25, 0.3) is 5.91 Å². The number of nitrogens with zero attached hydrogens (tertiary/aromatic N) is 1. The van der Waals surface area contributed by atoms with Crippen molar-refractivity contribution in [3.8, 4) is 0 Å². The van der Waals surface area contributed by atoms with Crippen LogP contribution in [0.5, 0.6) is 0 Å². The summed E-state index contributed by atoms with van der Waals surface area (Å²) in [6.45, 7) is 5.17. The van der Waals surface area contributed by atoms with E-state index in [1.807, 2.05) is 0 Å². The molecule has 1 aliphatic rings. The molecule has 2 aromatic rings. The molecule has 0 bridgehead atoms. The molecule has 7 nitrogen and oxygen atoms in total. The number of aliphatic carboxylic acids is 1. The van der Waals surface area contributed by atoms with Crippen LogP contribution in [0.1, 0.15) is 36.7 Å². The van der Waals surface area contributed by atoms with E-state index in [4.69, 9.17) is 23.2 Å².